The molecular formula is C16H19BrN2O2. The Balaban J connectivity index is 2.54. The monoisotopic (exact) mass is 350 g/mol. The molecule has 21 heavy (non-hydrogen) atoms. The van der Waals surface area contributed by atoms with Crippen LogP contribution in [0.4, 0.5) is 0 Å². The quantitative estimate of drug-likeness (QED) is 0.777. The fraction of sp³-hybridized carbons (Fsp3) is 0.375. The first-order valence-corrected chi connectivity index (χ1v) is 7.42. The van der Waals surface area contributed by atoms with E-state index in [1.165, 1.54) is 0 Å². The average molecular weight is 351 g/mol. The molecule has 0 N–H and O–H groups in total. The van der Waals surface area contributed by atoms with Crippen molar-refractivity contribution in [2.24, 2.45) is 0 Å². The van der Waals surface area contributed by atoms with Gasteiger partial charge in [0, 0.05) is 11.0 Å². The molecular weight excluding hydrogens is 332 g/mol. The zero-order chi connectivity index (χ0) is 15.6. The van der Waals surface area contributed by atoms with Crippen molar-refractivity contribution in [3.63, 3.8) is 0 Å². The van der Waals surface area contributed by atoms with E-state index in [0.717, 1.165) is 21.7 Å². The molecule has 0 saturated carbocycles. The van der Waals surface area contributed by atoms with E-state index in [1.54, 1.807) is 14.2 Å². The van der Waals surface area contributed by atoms with Crippen LogP contribution in [0.15, 0.2) is 28.9 Å². The number of hydrogen-bond acceptors (Lipinski definition) is 4. The third kappa shape index (κ3) is 3.53. The largest absolute Gasteiger partial charge is 0.493 e. The van der Waals surface area contributed by atoms with Crippen LogP contribution < -0.4 is 9.47 Å². The molecule has 0 aliphatic rings. The Morgan fingerprint density at radius 2 is 1.62 bits per heavy atom. The lowest BCUT2D eigenvalue weighted by atomic mass is 9.95. The van der Waals surface area contributed by atoms with Crippen molar-refractivity contribution in [1.82, 2.24) is 9.97 Å². The number of methoxy groups -OCH3 is 2. The maximum absolute atomic E-state index is 5.35. The minimum absolute atomic E-state index is 0.116. The molecule has 0 atom stereocenters. The summed E-state index contributed by atoms with van der Waals surface area (Å²) in [5, 5.41) is 0. The number of nitrogens with zero attached hydrogens (tertiary/aromatic N) is 2. The van der Waals surface area contributed by atoms with Crippen LogP contribution in [0.1, 0.15) is 26.6 Å². The second kappa shape index (κ2) is 6.02. The van der Waals surface area contributed by atoms with E-state index in [1.807, 2.05) is 24.3 Å². The lowest BCUT2D eigenvalue weighted by Crippen LogP contribution is -2.16. The second-order valence-electron chi connectivity index (χ2n) is 5.72. The molecule has 4 nitrogen and oxygen atoms in total. The Labute approximate surface area is 133 Å². The highest BCUT2D eigenvalue weighted by molar-refractivity contribution is 9.10. The van der Waals surface area contributed by atoms with Gasteiger partial charge in [-0.1, -0.05) is 20.8 Å². The van der Waals surface area contributed by atoms with Crippen molar-refractivity contribution >= 4 is 15.9 Å². The Hall–Kier alpha value is -1.62. The average Bonchev–Trinajstić information content (AvgIpc) is 2.45. The fourth-order valence-electron chi connectivity index (χ4n) is 1.90. The number of benzene rings is 1. The predicted octanol–water partition coefficient (Wildman–Crippen LogP) is 4.22. The first-order chi connectivity index (χ1) is 9.85. The highest BCUT2D eigenvalue weighted by atomic mass is 79.9. The molecule has 1 aromatic heterocycles. The Morgan fingerprint density at radius 1 is 0.952 bits per heavy atom. The van der Waals surface area contributed by atoms with Crippen LogP contribution in [-0.4, -0.2) is 24.2 Å². The van der Waals surface area contributed by atoms with Crippen molar-refractivity contribution in [2.75, 3.05) is 14.2 Å². The molecule has 1 heterocycles. The summed E-state index contributed by atoms with van der Waals surface area (Å²) in [6.07, 6.45) is 0. The molecule has 0 radical (unpaired) electrons. The lowest BCUT2D eigenvalue weighted by Gasteiger charge is -2.18. The molecule has 112 valence electrons. The van der Waals surface area contributed by atoms with Gasteiger partial charge in [-0.25, -0.2) is 9.97 Å². The smallest absolute Gasteiger partial charge is 0.161 e. The fourth-order valence-corrected chi connectivity index (χ4v) is 2.28. The third-order valence-corrected chi connectivity index (χ3v) is 3.45. The minimum Gasteiger partial charge on any atom is -0.493 e. The van der Waals surface area contributed by atoms with Gasteiger partial charge in [0.2, 0.25) is 0 Å². The SMILES string of the molecule is COc1ccc(-c2cc(Br)nc(C(C)(C)C)n2)cc1OC. The molecule has 0 unspecified atom stereocenters. The second-order valence-corrected chi connectivity index (χ2v) is 6.53. The number of ether oxygens (including phenoxy) is 2. The molecule has 0 spiro atoms. The van der Waals surface area contributed by atoms with Crippen molar-refractivity contribution in [3.05, 3.63) is 34.7 Å². The van der Waals surface area contributed by atoms with Crippen LogP contribution in [0, 0.1) is 0 Å². The summed E-state index contributed by atoms with van der Waals surface area (Å²) in [4.78, 5) is 9.13. The van der Waals surface area contributed by atoms with Gasteiger partial charge < -0.3 is 9.47 Å². The number of rotatable bonds is 3. The molecule has 1 aromatic carbocycles. The zero-order valence-corrected chi connectivity index (χ0v) is 14.5. The van der Waals surface area contributed by atoms with Crippen molar-refractivity contribution in [3.8, 4) is 22.8 Å². The zero-order valence-electron chi connectivity index (χ0n) is 12.9. The Bertz CT molecular complexity index is 651. The molecule has 0 fully saturated rings. The van der Waals surface area contributed by atoms with Crippen molar-refractivity contribution < 1.29 is 9.47 Å². The van der Waals surface area contributed by atoms with E-state index in [0.29, 0.717) is 11.5 Å². The van der Waals surface area contributed by atoms with Crippen LogP contribution in [0.3, 0.4) is 0 Å². The third-order valence-electron chi connectivity index (χ3n) is 3.05. The number of hydrogen-bond donors (Lipinski definition) is 0. The summed E-state index contributed by atoms with van der Waals surface area (Å²) < 4.78 is 11.4. The molecule has 0 amide bonds. The molecule has 0 bridgehead atoms. The molecule has 0 aliphatic heterocycles. The van der Waals surface area contributed by atoms with Crippen LogP contribution in [0.2, 0.25) is 0 Å². The van der Waals surface area contributed by atoms with E-state index in [-0.39, 0.29) is 5.41 Å². The van der Waals surface area contributed by atoms with Crippen LogP contribution in [0.5, 0.6) is 11.5 Å². The summed E-state index contributed by atoms with van der Waals surface area (Å²) >= 11 is 3.46. The van der Waals surface area contributed by atoms with Gasteiger partial charge in [-0.15, -0.1) is 0 Å². The van der Waals surface area contributed by atoms with E-state index in [2.05, 4.69) is 46.7 Å². The van der Waals surface area contributed by atoms with Gasteiger partial charge in [-0.05, 0) is 40.2 Å². The van der Waals surface area contributed by atoms with Gasteiger partial charge in [0.25, 0.3) is 0 Å². The van der Waals surface area contributed by atoms with Crippen molar-refractivity contribution in [2.45, 2.75) is 26.2 Å². The van der Waals surface area contributed by atoms with Gasteiger partial charge in [0.15, 0.2) is 11.5 Å². The number of halogens is 1. The topological polar surface area (TPSA) is 44.2 Å². The van der Waals surface area contributed by atoms with E-state index < -0.39 is 0 Å². The molecule has 2 aromatic rings. The number of aromatic nitrogens is 2. The Kier molecular flexibility index (Phi) is 4.52. The molecule has 5 heteroatoms. The van der Waals surface area contributed by atoms with Gasteiger partial charge in [0.05, 0.1) is 19.9 Å². The summed E-state index contributed by atoms with van der Waals surface area (Å²) in [5.74, 6) is 2.18. The Morgan fingerprint density at radius 3 is 2.19 bits per heavy atom. The maximum Gasteiger partial charge on any atom is 0.161 e. The van der Waals surface area contributed by atoms with E-state index in [9.17, 15) is 0 Å². The molecule has 2 rings (SSSR count). The van der Waals surface area contributed by atoms with Gasteiger partial charge in [-0.3, -0.25) is 0 Å². The van der Waals surface area contributed by atoms with Crippen LogP contribution >= 0.6 is 15.9 Å². The first kappa shape index (κ1) is 15.8. The van der Waals surface area contributed by atoms with Crippen LogP contribution in [-0.2, 0) is 5.41 Å². The van der Waals surface area contributed by atoms with Crippen molar-refractivity contribution in [1.29, 1.82) is 0 Å². The summed E-state index contributed by atoms with van der Waals surface area (Å²) in [7, 11) is 3.24. The summed E-state index contributed by atoms with van der Waals surface area (Å²) in [6, 6.07) is 7.65. The lowest BCUT2D eigenvalue weighted by molar-refractivity contribution is 0.355. The van der Waals surface area contributed by atoms with Gasteiger partial charge >= 0.3 is 0 Å². The molecule has 0 aliphatic carbocycles. The minimum atomic E-state index is -0.116. The maximum atomic E-state index is 5.35. The normalized spacial score (nSPS) is 11.3. The van der Waals surface area contributed by atoms with E-state index >= 15 is 0 Å². The standard InChI is InChI=1S/C16H19BrN2O2/c1-16(2,3)15-18-11(9-14(17)19-15)10-6-7-12(20-4)13(8-10)21-5/h6-9H,1-5H3. The summed E-state index contributed by atoms with van der Waals surface area (Å²) in [5.41, 5.74) is 1.69. The highest BCUT2D eigenvalue weighted by Crippen LogP contribution is 2.33. The highest BCUT2D eigenvalue weighted by Gasteiger charge is 2.19. The van der Waals surface area contributed by atoms with E-state index in [4.69, 9.17) is 9.47 Å². The first-order valence-electron chi connectivity index (χ1n) is 6.62. The van der Waals surface area contributed by atoms with Gasteiger partial charge in [0.1, 0.15) is 10.4 Å². The van der Waals surface area contributed by atoms with Crippen LogP contribution in [0.25, 0.3) is 11.3 Å². The summed E-state index contributed by atoms with van der Waals surface area (Å²) in [6.45, 7) is 6.27. The predicted molar refractivity (Wildman–Crippen MR) is 87.0 cm³/mol. The molecule has 0 saturated heterocycles. The van der Waals surface area contributed by atoms with Gasteiger partial charge in [-0.2, -0.15) is 0 Å².